The lowest BCUT2D eigenvalue weighted by Gasteiger charge is -2.14. The summed E-state index contributed by atoms with van der Waals surface area (Å²) >= 11 is 0. The predicted molar refractivity (Wildman–Crippen MR) is 85.4 cm³/mol. The van der Waals surface area contributed by atoms with Gasteiger partial charge in [0, 0.05) is 12.7 Å². The van der Waals surface area contributed by atoms with Crippen LogP contribution in [0.5, 0.6) is 5.75 Å². The average Bonchev–Trinajstić information content (AvgIpc) is 2.55. The van der Waals surface area contributed by atoms with Crippen molar-refractivity contribution in [3.63, 3.8) is 0 Å². The topological polar surface area (TPSA) is 120 Å². The maximum absolute atomic E-state index is 12.3. The number of primary amides is 1. The largest absolute Gasteiger partial charge is 0.497 e. The SMILES string of the molecule is COc1ccc([C@@H](C(N)=O)C(=O)NCc2ccc(N)nc2)cc1. The first-order valence-electron chi connectivity index (χ1n) is 6.92. The highest BCUT2D eigenvalue weighted by Crippen LogP contribution is 2.19. The molecule has 0 bridgehead atoms. The van der Waals surface area contributed by atoms with Crippen molar-refractivity contribution in [2.24, 2.45) is 5.73 Å². The highest BCUT2D eigenvalue weighted by molar-refractivity contribution is 6.05. The standard InChI is InChI=1S/C16H18N4O3/c1-23-12-5-3-11(4-6-12)14(15(18)21)16(22)20-9-10-2-7-13(17)19-8-10/h2-8,14H,9H2,1H3,(H2,17,19)(H2,18,21)(H,20,22)/t14-/m0/s1. The lowest BCUT2D eigenvalue weighted by atomic mass is 9.97. The van der Waals surface area contributed by atoms with E-state index in [2.05, 4.69) is 10.3 Å². The quantitative estimate of drug-likeness (QED) is 0.673. The first-order chi connectivity index (χ1) is 11.0. The fourth-order valence-corrected chi connectivity index (χ4v) is 2.07. The molecule has 0 saturated heterocycles. The summed E-state index contributed by atoms with van der Waals surface area (Å²) in [4.78, 5) is 27.9. The van der Waals surface area contributed by atoms with Gasteiger partial charge in [0.2, 0.25) is 11.8 Å². The number of anilines is 1. The van der Waals surface area contributed by atoms with Gasteiger partial charge in [-0.1, -0.05) is 18.2 Å². The lowest BCUT2D eigenvalue weighted by molar-refractivity contribution is -0.130. The number of pyridine rings is 1. The molecule has 7 nitrogen and oxygen atoms in total. The molecule has 0 aliphatic heterocycles. The molecule has 2 amide bonds. The number of hydrogen-bond acceptors (Lipinski definition) is 5. The molecule has 0 aliphatic rings. The smallest absolute Gasteiger partial charge is 0.237 e. The van der Waals surface area contributed by atoms with Crippen LogP contribution in [-0.2, 0) is 16.1 Å². The Kier molecular flexibility index (Phi) is 5.14. The van der Waals surface area contributed by atoms with Gasteiger partial charge in [-0.3, -0.25) is 9.59 Å². The van der Waals surface area contributed by atoms with Gasteiger partial charge in [-0.15, -0.1) is 0 Å². The van der Waals surface area contributed by atoms with Gasteiger partial charge in [0.25, 0.3) is 0 Å². The van der Waals surface area contributed by atoms with E-state index in [1.165, 1.54) is 7.11 Å². The summed E-state index contributed by atoms with van der Waals surface area (Å²) in [5.74, 6) is -1.23. The van der Waals surface area contributed by atoms with E-state index in [9.17, 15) is 9.59 Å². The molecule has 0 fully saturated rings. The maximum atomic E-state index is 12.3. The average molecular weight is 314 g/mol. The van der Waals surface area contributed by atoms with Crippen molar-refractivity contribution >= 4 is 17.6 Å². The molecule has 2 aromatic rings. The molecule has 0 saturated carbocycles. The molecule has 120 valence electrons. The summed E-state index contributed by atoms with van der Waals surface area (Å²) < 4.78 is 5.05. The van der Waals surface area contributed by atoms with Gasteiger partial charge in [-0.2, -0.15) is 0 Å². The van der Waals surface area contributed by atoms with Gasteiger partial charge < -0.3 is 21.5 Å². The lowest BCUT2D eigenvalue weighted by Crippen LogP contribution is -2.36. The number of nitrogens with two attached hydrogens (primary N) is 2. The van der Waals surface area contributed by atoms with Gasteiger partial charge in [0.05, 0.1) is 7.11 Å². The van der Waals surface area contributed by atoms with Crippen LogP contribution in [0.2, 0.25) is 0 Å². The van der Waals surface area contributed by atoms with Crippen LogP contribution in [0.3, 0.4) is 0 Å². The zero-order valence-electron chi connectivity index (χ0n) is 12.7. The normalized spacial score (nSPS) is 11.5. The second-order valence-electron chi connectivity index (χ2n) is 4.92. The fraction of sp³-hybridized carbons (Fsp3) is 0.188. The van der Waals surface area contributed by atoms with Crippen LogP contribution in [0, 0.1) is 0 Å². The van der Waals surface area contributed by atoms with E-state index in [1.54, 1.807) is 42.6 Å². The minimum atomic E-state index is -1.07. The number of benzene rings is 1. The minimum Gasteiger partial charge on any atom is -0.497 e. The molecular formula is C16H18N4O3. The molecule has 0 spiro atoms. The number of carbonyl (C=O) groups excluding carboxylic acids is 2. The van der Waals surface area contributed by atoms with Crippen molar-refractivity contribution in [2.75, 3.05) is 12.8 Å². The number of rotatable bonds is 6. The van der Waals surface area contributed by atoms with Crippen LogP contribution >= 0.6 is 0 Å². The van der Waals surface area contributed by atoms with Crippen LogP contribution in [0.4, 0.5) is 5.82 Å². The summed E-state index contributed by atoms with van der Waals surface area (Å²) in [5.41, 5.74) is 12.1. The molecular weight excluding hydrogens is 296 g/mol. The number of nitrogens with zero attached hydrogens (tertiary/aromatic N) is 1. The Hall–Kier alpha value is -3.09. The van der Waals surface area contributed by atoms with E-state index < -0.39 is 17.7 Å². The van der Waals surface area contributed by atoms with Gasteiger partial charge in [-0.25, -0.2) is 4.98 Å². The molecule has 1 heterocycles. The Labute approximate surface area is 133 Å². The van der Waals surface area contributed by atoms with Gasteiger partial charge in [-0.05, 0) is 29.3 Å². The molecule has 0 radical (unpaired) electrons. The molecule has 1 aromatic carbocycles. The second-order valence-corrected chi connectivity index (χ2v) is 4.92. The van der Waals surface area contributed by atoms with Crippen LogP contribution in [0.15, 0.2) is 42.6 Å². The third-order valence-electron chi connectivity index (χ3n) is 3.31. The van der Waals surface area contributed by atoms with Crippen LogP contribution in [0.1, 0.15) is 17.0 Å². The number of methoxy groups -OCH3 is 1. The zero-order chi connectivity index (χ0) is 16.8. The van der Waals surface area contributed by atoms with Crippen LogP contribution in [0.25, 0.3) is 0 Å². The molecule has 5 N–H and O–H groups in total. The van der Waals surface area contributed by atoms with E-state index >= 15 is 0 Å². The third kappa shape index (κ3) is 4.19. The number of nitrogens with one attached hydrogen (secondary N) is 1. The molecule has 23 heavy (non-hydrogen) atoms. The highest BCUT2D eigenvalue weighted by atomic mass is 16.5. The second kappa shape index (κ2) is 7.26. The highest BCUT2D eigenvalue weighted by Gasteiger charge is 2.26. The van der Waals surface area contributed by atoms with Crippen LogP contribution in [-0.4, -0.2) is 23.9 Å². The van der Waals surface area contributed by atoms with Crippen LogP contribution < -0.4 is 21.5 Å². The molecule has 1 aromatic heterocycles. The number of hydrogen-bond donors (Lipinski definition) is 3. The molecule has 2 rings (SSSR count). The number of carbonyl (C=O) groups is 2. The van der Waals surface area contributed by atoms with Crippen molar-refractivity contribution in [2.45, 2.75) is 12.5 Å². The van der Waals surface area contributed by atoms with Crippen molar-refractivity contribution in [3.8, 4) is 5.75 Å². The summed E-state index contributed by atoms with van der Waals surface area (Å²) in [5, 5.41) is 2.68. The Morgan fingerprint density at radius 1 is 1.22 bits per heavy atom. The molecule has 1 atom stereocenters. The van der Waals surface area contributed by atoms with E-state index in [-0.39, 0.29) is 6.54 Å². The van der Waals surface area contributed by atoms with E-state index in [1.807, 2.05) is 0 Å². The summed E-state index contributed by atoms with van der Waals surface area (Å²) in [7, 11) is 1.54. The van der Waals surface area contributed by atoms with E-state index in [0.29, 0.717) is 17.1 Å². The fourth-order valence-electron chi connectivity index (χ4n) is 2.07. The molecule has 0 aliphatic carbocycles. The summed E-state index contributed by atoms with van der Waals surface area (Å²) in [6.45, 7) is 0.228. The number of nitrogen functional groups attached to an aromatic ring is 1. The van der Waals surface area contributed by atoms with Gasteiger partial charge >= 0.3 is 0 Å². The minimum absolute atomic E-state index is 0.228. The number of ether oxygens (including phenoxy) is 1. The van der Waals surface area contributed by atoms with Crippen molar-refractivity contribution in [1.82, 2.24) is 10.3 Å². The zero-order valence-corrected chi connectivity index (χ0v) is 12.7. The van der Waals surface area contributed by atoms with Gasteiger partial charge in [0.1, 0.15) is 17.5 Å². The first-order valence-corrected chi connectivity index (χ1v) is 6.92. The monoisotopic (exact) mass is 314 g/mol. The number of aromatic nitrogens is 1. The van der Waals surface area contributed by atoms with Crippen molar-refractivity contribution in [1.29, 1.82) is 0 Å². The number of amides is 2. The molecule has 0 unspecified atom stereocenters. The summed E-state index contributed by atoms with van der Waals surface area (Å²) in [6, 6.07) is 9.99. The Balaban J connectivity index is 2.08. The maximum Gasteiger partial charge on any atom is 0.237 e. The Morgan fingerprint density at radius 3 is 2.43 bits per heavy atom. The summed E-state index contributed by atoms with van der Waals surface area (Å²) in [6.07, 6.45) is 1.56. The predicted octanol–water partition coefficient (Wildman–Crippen LogP) is 0.558. The Bertz CT molecular complexity index is 683. The van der Waals surface area contributed by atoms with Crippen molar-refractivity contribution < 1.29 is 14.3 Å². The Morgan fingerprint density at radius 2 is 1.91 bits per heavy atom. The van der Waals surface area contributed by atoms with Gasteiger partial charge in [0.15, 0.2) is 0 Å². The van der Waals surface area contributed by atoms with Crippen molar-refractivity contribution in [3.05, 3.63) is 53.7 Å². The van der Waals surface area contributed by atoms with E-state index in [0.717, 1.165) is 5.56 Å². The first kappa shape index (κ1) is 16.3. The van der Waals surface area contributed by atoms with E-state index in [4.69, 9.17) is 16.2 Å². The molecule has 7 heteroatoms. The third-order valence-corrected chi connectivity index (χ3v) is 3.31.